The number of amides is 1. The van der Waals surface area contributed by atoms with Gasteiger partial charge in [0, 0.05) is 13.5 Å². The summed E-state index contributed by atoms with van der Waals surface area (Å²) in [5, 5.41) is 6.17. The Morgan fingerprint density at radius 3 is 2.60 bits per heavy atom. The molecule has 1 amide bonds. The molecule has 0 unspecified atom stereocenters. The maximum absolute atomic E-state index is 12.8. The van der Waals surface area contributed by atoms with E-state index in [1.54, 1.807) is 9.36 Å². The summed E-state index contributed by atoms with van der Waals surface area (Å²) in [6, 6.07) is 9.45. The average Bonchev–Trinajstić information content (AvgIpc) is 2.85. The van der Waals surface area contributed by atoms with Crippen molar-refractivity contribution in [3.8, 4) is 5.69 Å². The molecule has 3 rings (SSSR count). The summed E-state index contributed by atoms with van der Waals surface area (Å²) in [7, 11) is 1.83. The predicted molar refractivity (Wildman–Crippen MR) is 99.2 cm³/mol. The van der Waals surface area contributed by atoms with Crippen molar-refractivity contribution in [3.63, 3.8) is 0 Å². The molecule has 134 valence electrons. The minimum Gasteiger partial charge on any atom is -0.320 e. The summed E-state index contributed by atoms with van der Waals surface area (Å²) < 4.78 is 3.36. The van der Waals surface area contributed by atoms with Gasteiger partial charge < -0.3 is 10.6 Å². The molecule has 0 radical (unpaired) electrons. The zero-order valence-electron chi connectivity index (χ0n) is 14.9. The van der Waals surface area contributed by atoms with E-state index in [4.69, 9.17) is 0 Å². The van der Waals surface area contributed by atoms with Gasteiger partial charge >= 0.3 is 0 Å². The fourth-order valence-corrected chi connectivity index (χ4v) is 3.42. The number of nitrogens with one attached hydrogen (secondary N) is 2. The second-order valence-corrected chi connectivity index (χ2v) is 6.72. The Balaban J connectivity index is 1.72. The maximum atomic E-state index is 12.8. The molecule has 0 spiro atoms. The molecule has 1 aliphatic heterocycles. The lowest BCUT2D eigenvalue weighted by atomic mass is 9.93. The van der Waals surface area contributed by atoms with Crippen LogP contribution in [0.4, 0.5) is 5.69 Å². The lowest BCUT2D eigenvalue weighted by molar-refractivity contribution is -0.116. The quantitative estimate of drug-likeness (QED) is 0.875. The van der Waals surface area contributed by atoms with Crippen LogP contribution in [0.15, 0.2) is 35.1 Å². The van der Waals surface area contributed by atoms with Gasteiger partial charge in [0.1, 0.15) is 5.69 Å². The molecule has 1 aliphatic rings. The van der Waals surface area contributed by atoms with Crippen LogP contribution in [0.1, 0.15) is 31.4 Å². The van der Waals surface area contributed by atoms with Gasteiger partial charge in [-0.3, -0.25) is 14.3 Å². The summed E-state index contributed by atoms with van der Waals surface area (Å²) in [5.74, 6) is 0.523. The van der Waals surface area contributed by atoms with Gasteiger partial charge in [0.25, 0.3) is 5.56 Å². The third-order valence-corrected chi connectivity index (χ3v) is 5.06. The molecule has 1 saturated heterocycles. The van der Waals surface area contributed by atoms with Crippen LogP contribution < -0.4 is 16.2 Å². The highest BCUT2D eigenvalue weighted by atomic mass is 16.2. The first-order valence-corrected chi connectivity index (χ1v) is 8.92. The Hall–Kier alpha value is -2.34. The van der Waals surface area contributed by atoms with Crippen LogP contribution in [-0.4, -0.2) is 28.4 Å². The van der Waals surface area contributed by atoms with E-state index >= 15 is 0 Å². The lowest BCUT2D eigenvalue weighted by Crippen LogP contribution is -2.28. The number of rotatable bonds is 5. The number of nitrogens with zero attached hydrogens (tertiary/aromatic N) is 2. The molecule has 6 nitrogen and oxygen atoms in total. The normalized spacial score (nSPS) is 15.3. The molecule has 6 heteroatoms. The molecular weight excluding hydrogens is 316 g/mol. The van der Waals surface area contributed by atoms with Crippen LogP contribution in [0, 0.1) is 12.8 Å². The zero-order chi connectivity index (χ0) is 17.8. The second-order valence-electron chi connectivity index (χ2n) is 6.72. The largest absolute Gasteiger partial charge is 0.320 e. The molecule has 2 aromatic rings. The topological polar surface area (TPSA) is 68.1 Å². The van der Waals surface area contributed by atoms with E-state index in [2.05, 4.69) is 10.6 Å². The first-order chi connectivity index (χ1) is 12.1. The Bertz CT molecular complexity index is 786. The van der Waals surface area contributed by atoms with Gasteiger partial charge in [-0.1, -0.05) is 18.2 Å². The number of benzene rings is 1. The molecule has 0 bridgehead atoms. The minimum atomic E-state index is -0.193. The van der Waals surface area contributed by atoms with E-state index in [-0.39, 0.29) is 11.5 Å². The first-order valence-electron chi connectivity index (χ1n) is 8.92. The number of anilines is 1. The monoisotopic (exact) mass is 342 g/mol. The Labute approximate surface area is 147 Å². The van der Waals surface area contributed by atoms with E-state index in [0.717, 1.165) is 43.7 Å². The fourth-order valence-electron chi connectivity index (χ4n) is 3.42. The van der Waals surface area contributed by atoms with Crippen molar-refractivity contribution < 1.29 is 4.79 Å². The van der Waals surface area contributed by atoms with Crippen LogP contribution in [-0.2, 0) is 11.8 Å². The van der Waals surface area contributed by atoms with Crippen molar-refractivity contribution in [1.82, 2.24) is 14.7 Å². The molecule has 25 heavy (non-hydrogen) atoms. The molecule has 0 saturated carbocycles. The van der Waals surface area contributed by atoms with Crippen molar-refractivity contribution in [1.29, 1.82) is 0 Å². The standard InChI is InChI=1S/C19H26N4O2/c1-14-18(21-17(24)9-8-15-10-12-20-13-11-15)19(25)23(22(14)2)16-6-4-3-5-7-16/h3-7,15,20H,8-13H2,1-2H3,(H,21,24). The van der Waals surface area contributed by atoms with E-state index in [0.29, 0.717) is 18.0 Å². The van der Waals surface area contributed by atoms with Gasteiger partial charge in [-0.2, -0.15) is 0 Å². The Morgan fingerprint density at radius 1 is 1.24 bits per heavy atom. The summed E-state index contributed by atoms with van der Waals surface area (Å²) in [6.07, 6.45) is 3.59. The molecule has 1 aromatic carbocycles. The minimum absolute atomic E-state index is 0.0791. The number of aromatic nitrogens is 2. The zero-order valence-corrected chi connectivity index (χ0v) is 14.9. The number of hydrogen-bond donors (Lipinski definition) is 2. The third kappa shape index (κ3) is 3.85. The molecular formula is C19H26N4O2. The van der Waals surface area contributed by atoms with Gasteiger partial charge in [0.15, 0.2) is 0 Å². The van der Waals surface area contributed by atoms with Gasteiger partial charge in [0.05, 0.1) is 11.4 Å². The van der Waals surface area contributed by atoms with Crippen molar-refractivity contribution in [2.24, 2.45) is 13.0 Å². The number of piperidine rings is 1. The highest BCUT2D eigenvalue weighted by Crippen LogP contribution is 2.19. The predicted octanol–water partition coefficient (Wildman–Crippen LogP) is 2.20. The molecule has 0 atom stereocenters. The molecule has 2 N–H and O–H groups in total. The highest BCUT2D eigenvalue weighted by molar-refractivity contribution is 5.91. The van der Waals surface area contributed by atoms with Crippen molar-refractivity contribution in [2.45, 2.75) is 32.6 Å². The average molecular weight is 342 g/mol. The number of carbonyl (C=O) groups is 1. The number of para-hydroxylation sites is 1. The third-order valence-electron chi connectivity index (χ3n) is 5.06. The molecule has 1 fully saturated rings. The van der Waals surface area contributed by atoms with Gasteiger partial charge in [0.2, 0.25) is 5.91 Å². The first kappa shape index (κ1) is 17.5. The van der Waals surface area contributed by atoms with Crippen LogP contribution in [0.5, 0.6) is 0 Å². The van der Waals surface area contributed by atoms with Gasteiger partial charge in [-0.05, 0) is 57.3 Å². The SMILES string of the molecule is Cc1c(NC(=O)CCC2CCNCC2)c(=O)n(-c2ccccc2)n1C. The van der Waals surface area contributed by atoms with E-state index < -0.39 is 0 Å². The van der Waals surface area contributed by atoms with Gasteiger partial charge in [-0.15, -0.1) is 0 Å². The summed E-state index contributed by atoms with van der Waals surface area (Å²) in [4.78, 5) is 25.1. The number of hydrogen-bond acceptors (Lipinski definition) is 3. The van der Waals surface area contributed by atoms with Crippen molar-refractivity contribution >= 4 is 11.6 Å². The fraction of sp³-hybridized carbons (Fsp3) is 0.474. The van der Waals surface area contributed by atoms with Crippen molar-refractivity contribution in [3.05, 3.63) is 46.4 Å². The lowest BCUT2D eigenvalue weighted by Gasteiger charge is -2.22. The second kappa shape index (κ2) is 7.70. The smallest absolute Gasteiger partial charge is 0.295 e. The van der Waals surface area contributed by atoms with Crippen LogP contribution in [0.2, 0.25) is 0 Å². The van der Waals surface area contributed by atoms with E-state index in [1.165, 1.54) is 0 Å². The van der Waals surface area contributed by atoms with Crippen LogP contribution in [0.3, 0.4) is 0 Å². The van der Waals surface area contributed by atoms with Gasteiger partial charge in [-0.25, -0.2) is 4.68 Å². The van der Waals surface area contributed by atoms with Crippen LogP contribution >= 0.6 is 0 Å². The van der Waals surface area contributed by atoms with E-state index in [1.807, 2.05) is 44.3 Å². The van der Waals surface area contributed by atoms with Crippen LogP contribution in [0.25, 0.3) is 5.69 Å². The maximum Gasteiger partial charge on any atom is 0.295 e. The summed E-state index contributed by atoms with van der Waals surface area (Å²) >= 11 is 0. The Kier molecular flexibility index (Phi) is 5.38. The number of carbonyl (C=O) groups excluding carboxylic acids is 1. The Morgan fingerprint density at radius 2 is 1.92 bits per heavy atom. The molecule has 1 aromatic heterocycles. The molecule has 0 aliphatic carbocycles. The molecule has 2 heterocycles. The van der Waals surface area contributed by atoms with E-state index in [9.17, 15) is 9.59 Å². The summed E-state index contributed by atoms with van der Waals surface area (Å²) in [5.41, 5.74) is 1.72. The van der Waals surface area contributed by atoms with Crippen molar-refractivity contribution in [2.75, 3.05) is 18.4 Å². The summed E-state index contributed by atoms with van der Waals surface area (Å²) in [6.45, 7) is 3.92. The highest BCUT2D eigenvalue weighted by Gasteiger charge is 2.19.